The van der Waals surface area contributed by atoms with E-state index in [1.165, 1.54) is 6.07 Å². The van der Waals surface area contributed by atoms with Crippen molar-refractivity contribution in [2.45, 2.75) is 19.8 Å². The number of nitrogens with one attached hydrogen (secondary N) is 1. The van der Waals surface area contributed by atoms with Crippen molar-refractivity contribution in [3.05, 3.63) is 59.7 Å². The number of halogens is 1. The summed E-state index contributed by atoms with van der Waals surface area (Å²) < 4.78 is 13.2. The fraction of sp³-hybridized carbons (Fsp3) is 0.200. The van der Waals surface area contributed by atoms with Gasteiger partial charge in [-0.25, -0.2) is 9.97 Å². The topological polar surface area (TPSA) is 41.6 Å². The van der Waals surface area contributed by atoms with Gasteiger partial charge in [0.25, 0.3) is 0 Å². The van der Waals surface area contributed by atoms with Gasteiger partial charge in [-0.3, -0.25) is 0 Å². The maximum Gasteiger partial charge on any atom is 0.213 e. The monoisotopic (exact) mass is 255 g/mol. The van der Waals surface area contributed by atoms with Crippen molar-refractivity contribution in [2.24, 2.45) is 0 Å². The highest BCUT2D eigenvalue weighted by atomic mass is 19.1. The van der Waals surface area contributed by atoms with E-state index in [9.17, 15) is 4.39 Å². The average molecular weight is 255 g/mol. The van der Waals surface area contributed by atoms with Gasteiger partial charge in [-0.15, -0.1) is 0 Å². The Kier molecular flexibility index (Phi) is 2.78. The molecule has 1 aromatic carbocycles. The molecule has 2 aromatic heterocycles. The Balaban J connectivity index is 2.18. The molecule has 4 heteroatoms. The molecule has 0 fully saturated rings. The Bertz CT molecular complexity index is 733. The molecule has 0 radical (unpaired) electrons. The normalized spacial score (nSPS) is 12.8. The smallest absolute Gasteiger partial charge is 0.213 e. The fourth-order valence-electron chi connectivity index (χ4n) is 2.50. The maximum atomic E-state index is 13.2. The van der Waals surface area contributed by atoms with Crippen molar-refractivity contribution < 1.29 is 4.39 Å². The fourth-order valence-corrected chi connectivity index (χ4v) is 2.50. The first-order valence-electron chi connectivity index (χ1n) is 6.21. The highest BCUT2D eigenvalue weighted by Gasteiger charge is 2.16. The van der Waals surface area contributed by atoms with Crippen molar-refractivity contribution in [3.8, 4) is 0 Å². The SMILES string of the molecule is Cc1[nH]cnc1C(C)c1cccc2cc(F)ncc12. The molecule has 2 heterocycles. The van der Waals surface area contributed by atoms with Crippen LogP contribution in [0, 0.1) is 12.9 Å². The van der Waals surface area contributed by atoms with Gasteiger partial charge in [0, 0.05) is 29.3 Å². The minimum Gasteiger partial charge on any atom is -0.348 e. The number of rotatable bonds is 2. The Morgan fingerprint density at radius 3 is 2.84 bits per heavy atom. The van der Waals surface area contributed by atoms with E-state index in [4.69, 9.17) is 0 Å². The number of hydrogen-bond donors (Lipinski definition) is 1. The lowest BCUT2D eigenvalue weighted by molar-refractivity contribution is 0.586. The number of aromatic amines is 1. The minimum atomic E-state index is -0.451. The Labute approximate surface area is 110 Å². The zero-order valence-corrected chi connectivity index (χ0v) is 10.8. The van der Waals surface area contributed by atoms with Gasteiger partial charge in [-0.2, -0.15) is 4.39 Å². The molecular formula is C15H14FN3. The summed E-state index contributed by atoms with van der Waals surface area (Å²) in [6.07, 6.45) is 3.29. The lowest BCUT2D eigenvalue weighted by Crippen LogP contribution is -2.00. The second-order valence-electron chi connectivity index (χ2n) is 4.71. The highest BCUT2D eigenvalue weighted by molar-refractivity contribution is 5.85. The molecule has 0 aliphatic carbocycles. The molecule has 3 rings (SSSR count). The summed E-state index contributed by atoms with van der Waals surface area (Å²) in [6, 6.07) is 7.34. The van der Waals surface area contributed by atoms with E-state index in [-0.39, 0.29) is 5.92 Å². The summed E-state index contributed by atoms with van der Waals surface area (Å²) in [5.74, 6) is -0.310. The summed E-state index contributed by atoms with van der Waals surface area (Å²) in [5, 5.41) is 1.84. The Morgan fingerprint density at radius 2 is 2.11 bits per heavy atom. The number of benzene rings is 1. The van der Waals surface area contributed by atoms with Crippen LogP contribution in [0.15, 0.2) is 36.8 Å². The molecule has 1 atom stereocenters. The van der Waals surface area contributed by atoms with Crippen LogP contribution in [0.25, 0.3) is 10.8 Å². The van der Waals surface area contributed by atoms with Crippen molar-refractivity contribution in [2.75, 3.05) is 0 Å². The molecule has 0 saturated carbocycles. The first-order valence-corrected chi connectivity index (χ1v) is 6.21. The third kappa shape index (κ3) is 1.99. The highest BCUT2D eigenvalue weighted by Crippen LogP contribution is 2.30. The first-order chi connectivity index (χ1) is 9.16. The second-order valence-corrected chi connectivity index (χ2v) is 4.71. The van der Waals surface area contributed by atoms with Gasteiger partial charge in [0.2, 0.25) is 5.95 Å². The van der Waals surface area contributed by atoms with Crippen LogP contribution in [-0.2, 0) is 0 Å². The van der Waals surface area contributed by atoms with Crippen LogP contribution in [-0.4, -0.2) is 15.0 Å². The Hall–Kier alpha value is -2.23. The zero-order valence-electron chi connectivity index (χ0n) is 10.8. The molecule has 96 valence electrons. The van der Waals surface area contributed by atoms with Crippen molar-refractivity contribution in [3.63, 3.8) is 0 Å². The number of imidazole rings is 1. The predicted octanol–water partition coefficient (Wildman–Crippen LogP) is 3.56. The number of aryl methyl sites for hydroxylation is 1. The van der Waals surface area contributed by atoms with Crippen molar-refractivity contribution >= 4 is 10.8 Å². The van der Waals surface area contributed by atoms with Gasteiger partial charge in [0.15, 0.2) is 0 Å². The molecule has 3 aromatic rings. The van der Waals surface area contributed by atoms with Gasteiger partial charge < -0.3 is 4.98 Å². The summed E-state index contributed by atoms with van der Waals surface area (Å²) >= 11 is 0. The van der Waals surface area contributed by atoms with E-state index in [0.29, 0.717) is 0 Å². The standard InChI is InChI=1S/C15H14FN3/c1-9(15-10(2)18-8-19-15)12-5-3-4-11-6-14(16)17-7-13(11)12/h3-9H,1-2H3,(H,18,19). The van der Waals surface area contributed by atoms with Crippen LogP contribution in [0.3, 0.4) is 0 Å². The van der Waals surface area contributed by atoms with Gasteiger partial charge >= 0.3 is 0 Å². The Morgan fingerprint density at radius 1 is 1.26 bits per heavy atom. The molecule has 3 nitrogen and oxygen atoms in total. The van der Waals surface area contributed by atoms with Gasteiger partial charge in [0.05, 0.1) is 12.0 Å². The molecule has 0 aliphatic rings. The van der Waals surface area contributed by atoms with Crippen LogP contribution in [0.1, 0.15) is 29.8 Å². The molecule has 19 heavy (non-hydrogen) atoms. The van der Waals surface area contributed by atoms with Crippen LogP contribution < -0.4 is 0 Å². The number of pyridine rings is 1. The third-order valence-corrected chi connectivity index (χ3v) is 3.51. The summed E-state index contributed by atoms with van der Waals surface area (Å²) in [7, 11) is 0. The van der Waals surface area contributed by atoms with Crippen molar-refractivity contribution in [1.29, 1.82) is 0 Å². The van der Waals surface area contributed by atoms with E-state index in [1.807, 2.05) is 25.1 Å². The molecule has 1 unspecified atom stereocenters. The summed E-state index contributed by atoms with van der Waals surface area (Å²) in [4.78, 5) is 11.2. The van der Waals surface area contributed by atoms with Crippen LogP contribution in [0.4, 0.5) is 4.39 Å². The maximum absolute atomic E-state index is 13.2. The lowest BCUT2D eigenvalue weighted by atomic mass is 9.92. The summed E-state index contributed by atoms with van der Waals surface area (Å²) in [5.41, 5.74) is 3.18. The van der Waals surface area contributed by atoms with E-state index >= 15 is 0 Å². The third-order valence-electron chi connectivity index (χ3n) is 3.51. The number of nitrogens with zero attached hydrogens (tertiary/aromatic N) is 2. The number of fused-ring (bicyclic) bond motifs is 1. The number of aromatic nitrogens is 3. The van der Waals surface area contributed by atoms with Crippen LogP contribution in [0.2, 0.25) is 0 Å². The van der Waals surface area contributed by atoms with E-state index < -0.39 is 5.95 Å². The molecule has 0 aliphatic heterocycles. The number of H-pyrrole nitrogens is 1. The molecule has 0 spiro atoms. The molecule has 0 bridgehead atoms. The van der Waals surface area contributed by atoms with Crippen LogP contribution >= 0.6 is 0 Å². The molecule has 0 saturated heterocycles. The molecule has 1 N–H and O–H groups in total. The lowest BCUT2D eigenvalue weighted by Gasteiger charge is -2.13. The van der Waals surface area contributed by atoms with E-state index in [1.54, 1.807) is 12.5 Å². The second kappa shape index (κ2) is 4.46. The quantitative estimate of drug-likeness (QED) is 0.711. The zero-order chi connectivity index (χ0) is 13.4. The first kappa shape index (κ1) is 11.8. The summed E-state index contributed by atoms with van der Waals surface area (Å²) in [6.45, 7) is 4.10. The largest absolute Gasteiger partial charge is 0.348 e. The van der Waals surface area contributed by atoms with E-state index in [2.05, 4.69) is 21.9 Å². The van der Waals surface area contributed by atoms with Gasteiger partial charge in [-0.1, -0.05) is 25.1 Å². The molecular weight excluding hydrogens is 241 g/mol. The minimum absolute atomic E-state index is 0.141. The van der Waals surface area contributed by atoms with Crippen LogP contribution in [0.5, 0.6) is 0 Å². The van der Waals surface area contributed by atoms with E-state index in [0.717, 1.165) is 27.7 Å². The van der Waals surface area contributed by atoms with Gasteiger partial charge in [-0.05, 0) is 17.9 Å². The number of hydrogen-bond acceptors (Lipinski definition) is 2. The van der Waals surface area contributed by atoms with Gasteiger partial charge in [0.1, 0.15) is 0 Å². The molecule has 0 amide bonds. The average Bonchev–Trinajstić information content (AvgIpc) is 2.83. The van der Waals surface area contributed by atoms with Crippen molar-refractivity contribution in [1.82, 2.24) is 15.0 Å². The predicted molar refractivity (Wildman–Crippen MR) is 72.5 cm³/mol.